The van der Waals surface area contributed by atoms with Crippen molar-refractivity contribution in [2.24, 2.45) is 11.8 Å². The highest BCUT2D eigenvalue weighted by molar-refractivity contribution is 5.85. The second-order valence-corrected chi connectivity index (χ2v) is 6.75. The molecule has 1 N–H and O–H groups in total. The molecule has 0 aromatic carbocycles. The molecule has 1 saturated carbocycles. The lowest BCUT2D eigenvalue weighted by Gasteiger charge is -2.34. The number of fused-ring (bicyclic) bond motifs is 1. The molecule has 1 aliphatic carbocycles. The van der Waals surface area contributed by atoms with Gasteiger partial charge in [-0.15, -0.1) is 12.4 Å². The van der Waals surface area contributed by atoms with E-state index in [2.05, 4.69) is 5.32 Å². The first-order valence-electron chi connectivity index (χ1n) is 8.06. The van der Waals surface area contributed by atoms with Gasteiger partial charge in [-0.3, -0.25) is 4.79 Å². The molecule has 0 aromatic rings. The van der Waals surface area contributed by atoms with Crippen molar-refractivity contribution in [3.05, 3.63) is 0 Å². The van der Waals surface area contributed by atoms with Crippen LogP contribution in [0.1, 0.15) is 44.9 Å². The molecular weight excluding hydrogens is 317 g/mol. The van der Waals surface area contributed by atoms with Gasteiger partial charge in [-0.05, 0) is 38.0 Å². The molecule has 2 saturated heterocycles. The number of hydrogen-bond acceptors (Lipinski definition) is 2. The molecule has 0 aromatic heterocycles. The third kappa shape index (κ3) is 3.70. The number of likely N-dealkylation sites (tertiary alicyclic amines) is 1. The van der Waals surface area contributed by atoms with Gasteiger partial charge in [-0.1, -0.05) is 12.8 Å². The normalized spacial score (nSPS) is 33.2. The molecule has 0 bridgehead atoms. The molecule has 1 amide bonds. The minimum Gasteiger partial charge on any atom is -0.341 e. The number of rotatable bonds is 1. The Bertz CT molecular complexity index is 383. The van der Waals surface area contributed by atoms with Crippen LogP contribution in [0.3, 0.4) is 0 Å². The summed E-state index contributed by atoms with van der Waals surface area (Å²) in [5.74, 6) is -0.633. The Balaban J connectivity index is 0.00000176. The zero-order valence-electron chi connectivity index (χ0n) is 12.6. The van der Waals surface area contributed by atoms with Gasteiger partial charge in [0.1, 0.15) is 0 Å². The van der Waals surface area contributed by atoms with Crippen LogP contribution in [-0.2, 0) is 4.79 Å². The number of carbonyl (C=O) groups excluding carboxylic acids is 1. The van der Waals surface area contributed by atoms with Crippen molar-refractivity contribution in [1.82, 2.24) is 10.2 Å². The van der Waals surface area contributed by atoms with Gasteiger partial charge < -0.3 is 10.2 Å². The Morgan fingerprint density at radius 2 is 1.68 bits per heavy atom. The van der Waals surface area contributed by atoms with Crippen molar-refractivity contribution in [2.45, 2.75) is 63.2 Å². The Kier molecular flexibility index (Phi) is 5.64. The average molecular weight is 341 g/mol. The quantitative estimate of drug-likeness (QED) is 0.795. The summed E-state index contributed by atoms with van der Waals surface area (Å²) in [4.78, 5) is 14.1. The van der Waals surface area contributed by atoms with Crippen molar-refractivity contribution < 1.29 is 18.0 Å². The highest BCUT2D eigenvalue weighted by Gasteiger charge is 2.44. The summed E-state index contributed by atoms with van der Waals surface area (Å²) >= 11 is 0. The van der Waals surface area contributed by atoms with E-state index < -0.39 is 12.1 Å². The Hall–Kier alpha value is -0.490. The Morgan fingerprint density at radius 3 is 2.27 bits per heavy atom. The molecule has 3 fully saturated rings. The molecule has 3 unspecified atom stereocenters. The average Bonchev–Trinajstić information content (AvgIpc) is 2.89. The molecular formula is C15H24ClF3N2O. The molecule has 3 rings (SSSR count). The van der Waals surface area contributed by atoms with E-state index in [0.29, 0.717) is 12.0 Å². The van der Waals surface area contributed by atoms with Gasteiger partial charge in [0.2, 0.25) is 5.91 Å². The zero-order chi connectivity index (χ0) is 15.0. The number of piperidine rings is 1. The van der Waals surface area contributed by atoms with Crippen molar-refractivity contribution in [3.63, 3.8) is 0 Å². The van der Waals surface area contributed by atoms with Crippen LogP contribution in [0.25, 0.3) is 0 Å². The summed E-state index contributed by atoms with van der Waals surface area (Å²) in [5, 5.41) is 3.42. The maximum Gasteiger partial charge on any atom is 0.391 e. The maximum absolute atomic E-state index is 12.7. The summed E-state index contributed by atoms with van der Waals surface area (Å²) in [6.45, 7) is 0.493. The molecule has 2 heterocycles. The van der Waals surface area contributed by atoms with Gasteiger partial charge >= 0.3 is 6.18 Å². The standard InChI is InChI=1S/C15H23F3N2O.ClH/c16-15(17,18)11-5-7-20(8-6-11)14(21)13-9-10-3-1-2-4-12(10)19-13;/h10-13,19H,1-9H2;1H. The van der Waals surface area contributed by atoms with Crippen LogP contribution in [0.5, 0.6) is 0 Å². The number of amides is 1. The van der Waals surface area contributed by atoms with Gasteiger partial charge in [-0.25, -0.2) is 0 Å². The summed E-state index contributed by atoms with van der Waals surface area (Å²) in [5.41, 5.74) is 0. The topological polar surface area (TPSA) is 32.3 Å². The van der Waals surface area contributed by atoms with Crippen LogP contribution >= 0.6 is 12.4 Å². The highest BCUT2D eigenvalue weighted by atomic mass is 35.5. The number of carbonyl (C=O) groups is 1. The molecule has 3 atom stereocenters. The number of halogens is 4. The second kappa shape index (κ2) is 6.95. The number of nitrogens with zero attached hydrogens (tertiary/aromatic N) is 1. The summed E-state index contributed by atoms with van der Waals surface area (Å²) in [6.07, 6.45) is 1.61. The van der Waals surface area contributed by atoms with E-state index in [4.69, 9.17) is 0 Å². The molecule has 7 heteroatoms. The smallest absolute Gasteiger partial charge is 0.341 e. The van der Waals surface area contributed by atoms with Crippen LogP contribution < -0.4 is 5.32 Å². The first-order chi connectivity index (χ1) is 9.95. The van der Waals surface area contributed by atoms with Crippen LogP contribution in [0, 0.1) is 11.8 Å². The monoisotopic (exact) mass is 340 g/mol. The fourth-order valence-electron chi connectivity index (χ4n) is 4.16. The van der Waals surface area contributed by atoms with Crippen LogP contribution in [0.4, 0.5) is 13.2 Å². The van der Waals surface area contributed by atoms with Crippen molar-refractivity contribution >= 4 is 18.3 Å². The van der Waals surface area contributed by atoms with Crippen LogP contribution in [-0.4, -0.2) is 42.2 Å². The predicted molar refractivity (Wildman–Crippen MR) is 79.9 cm³/mol. The van der Waals surface area contributed by atoms with Gasteiger partial charge in [-0.2, -0.15) is 13.2 Å². The van der Waals surface area contributed by atoms with Gasteiger partial charge in [0.05, 0.1) is 12.0 Å². The minimum absolute atomic E-state index is 0. The van der Waals surface area contributed by atoms with E-state index in [0.717, 1.165) is 12.8 Å². The summed E-state index contributed by atoms with van der Waals surface area (Å²) < 4.78 is 38.0. The first-order valence-corrected chi connectivity index (χ1v) is 8.06. The van der Waals surface area contributed by atoms with E-state index >= 15 is 0 Å². The number of nitrogens with one attached hydrogen (secondary N) is 1. The second-order valence-electron chi connectivity index (χ2n) is 6.75. The molecule has 0 spiro atoms. The largest absolute Gasteiger partial charge is 0.391 e. The lowest BCUT2D eigenvalue weighted by molar-refractivity contribution is -0.186. The molecule has 0 radical (unpaired) electrons. The Morgan fingerprint density at radius 1 is 1.05 bits per heavy atom. The van der Waals surface area contributed by atoms with Crippen LogP contribution in [0.2, 0.25) is 0 Å². The van der Waals surface area contributed by atoms with Crippen molar-refractivity contribution in [1.29, 1.82) is 0 Å². The number of alkyl halides is 3. The van der Waals surface area contributed by atoms with Crippen molar-refractivity contribution in [2.75, 3.05) is 13.1 Å². The molecule has 2 aliphatic heterocycles. The predicted octanol–water partition coefficient (Wildman–Crippen LogP) is 3.13. The first kappa shape index (κ1) is 17.9. The summed E-state index contributed by atoms with van der Waals surface area (Å²) in [6, 6.07) is 0.279. The van der Waals surface area contributed by atoms with Crippen molar-refractivity contribution in [3.8, 4) is 0 Å². The molecule has 3 aliphatic rings. The lowest BCUT2D eigenvalue weighted by atomic mass is 9.85. The van der Waals surface area contributed by atoms with E-state index in [1.54, 1.807) is 4.90 Å². The lowest BCUT2D eigenvalue weighted by Crippen LogP contribution is -2.49. The third-order valence-electron chi connectivity index (χ3n) is 5.43. The van der Waals surface area contributed by atoms with E-state index in [9.17, 15) is 18.0 Å². The van der Waals surface area contributed by atoms with E-state index in [1.165, 1.54) is 19.3 Å². The fraction of sp³-hybridized carbons (Fsp3) is 0.933. The molecule has 128 valence electrons. The zero-order valence-corrected chi connectivity index (χ0v) is 13.4. The van der Waals surface area contributed by atoms with E-state index in [-0.39, 0.29) is 50.3 Å². The van der Waals surface area contributed by atoms with Gasteiger partial charge in [0.25, 0.3) is 0 Å². The Labute approximate surface area is 135 Å². The maximum atomic E-state index is 12.7. The van der Waals surface area contributed by atoms with E-state index in [1.807, 2.05) is 0 Å². The molecule has 3 nitrogen and oxygen atoms in total. The van der Waals surface area contributed by atoms with Gasteiger partial charge in [0, 0.05) is 19.1 Å². The van der Waals surface area contributed by atoms with Crippen LogP contribution in [0.15, 0.2) is 0 Å². The summed E-state index contributed by atoms with van der Waals surface area (Å²) in [7, 11) is 0. The van der Waals surface area contributed by atoms with Gasteiger partial charge in [0.15, 0.2) is 0 Å². The SMILES string of the molecule is Cl.O=C(C1CC2CCCCC2N1)N1CCC(C(F)(F)F)CC1. The molecule has 22 heavy (non-hydrogen) atoms. The minimum atomic E-state index is -4.12. The fourth-order valence-corrected chi connectivity index (χ4v) is 4.16. The third-order valence-corrected chi connectivity index (χ3v) is 5.43. The number of hydrogen-bond donors (Lipinski definition) is 1. The highest BCUT2D eigenvalue weighted by Crippen LogP contribution is 2.36.